The van der Waals surface area contributed by atoms with Crippen LogP contribution in [0.3, 0.4) is 0 Å². The molecule has 0 unspecified atom stereocenters. The largest absolute Gasteiger partial charge is 0.462 e. The maximum Gasteiger partial charge on any atom is 0.348 e. The molecule has 3 aromatic rings. The molecule has 0 saturated heterocycles. The Bertz CT molecular complexity index is 1100. The Morgan fingerprint density at radius 2 is 1.96 bits per heavy atom. The number of ether oxygens (including phenoxy) is 1. The Morgan fingerprint density at radius 1 is 1.25 bits per heavy atom. The summed E-state index contributed by atoms with van der Waals surface area (Å²) in [5, 5.41) is 21.0. The van der Waals surface area contributed by atoms with Gasteiger partial charge in [-0.2, -0.15) is 5.26 Å². The molecule has 0 aliphatic heterocycles. The third kappa shape index (κ3) is 3.91. The van der Waals surface area contributed by atoms with Gasteiger partial charge in [-0.1, -0.05) is 30.3 Å². The van der Waals surface area contributed by atoms with E-state index in [9.17, 15) is 20.2 Å². The Balaban J connectivity index is 2.00. The zero-order valence-electron chi connectivity index (χ0n) is 15.2. The number of aromatic nitrogens is 1. The molecule has 0 atom stereocenters. The van der Waals surface area contributed by atoms with Crippen LogP contribution in [-0.2, 0) is 16.1 Å². The first-order chi connectivity index (χ1) is 13.5. The van der Waals surface area contributed by atoms with Gasteiger partial charge in [-0.25, -0.2) is 4.79 Å². The molecule has 1 heterocycles. The number of carbonyl (C=O) groups is 1. The fourth-order valence-corrected chi connectivity index (χ4v) is 2.94. The van der Waals surface area contributed by atoms with E-state index in [0.717, 1.165) is 22.0 Å². The number of rotatable bonds is 6. The second-order valence-electron chi connectivity index (χ2n) is 6.04. The number of nitrogens with zero attached hydrogens (tertiary/aromatic N) is 3. The zero-order chi connectivity index (χ0) is 20.1. The van der Waals surface area contributed by atoms with Gasteiger partial charge in [0.25, 0.3) is 5.69 Å². The van der Waals surface area contributed by atoms with Gasteiger partial charge in [0.2, 0.25) is 0 Å². The fourth-order valence-electron chi connectivity index (χ4n) is 2.94. The molecule has 2 aromatic carbocycles. The van der Waals surface area contributed by atoms with E-state index in [-0.39, 0.29) is 17.9 Å². The predicted molar refractivity (Wildman–Crippen MR) is 104 cm³/mol. The molecule has 140 valence electrons. The van der Waals surface area contributed by atoms with Gasteiger partial charge in [0, 0.05) is 41.3 Å². The normalized spacial score (nSPS) is 11.2. The van der Waals surface area contributed by atoms with Crippen LogP contribution in [0.2, 0.25) is 0 Å². The third-order valence-electron chi connectivity index (χ3n) is 4.24. The number of hydrogen-bond acceptors (Lipinski definition) is 5. The minimum absolute atomic E-state index is 0.0397. The average molecular weight is 375 g/mol. The van der Waals surface area contributed by atoms with Crippen molar-refractivity contribution < 1.29 is 14.5 Å². The first-order valence-corrected chi connectivity index (χ1v) is 8.63. The molecule has 7 nitrogen and oxygen atoms in total. The lowest BCUT2D eigenvalue weighted by Gasteiger charge is -2.05. The van der Waals surface area contributed by atoms with E-state index in [1.165, 1.54) is 18.2 Å². The monoisotopic (exact) mass is 375 g/mol. The van der Waals surface area contributed by atoms with Crippen LogP contribution < -0.4 is 0 Å². The van der Waals surface area contributed by atoms with E-state index in [1.54, 1.807) is 19.1 Å². The molecule has 0 amide bonds. The SMILES string of the molecule is CCOC(=O)/C(C#N)=C\c1cn(Cc2ccc([N+](=O)[O-])cc2)c2ccccc12. The zero-order valence-corrected chi connectivity index (χ0v) is 15.2. The van der Waals surface area contributed by atoms with Crippen molar-refractivity contribution in [2.75, 3.05) is 6.61 Å². The summed E-state index contributed by atoms with van der Waals surface area (Å²) in [7, 11) is 0. The lowest BCUT2D eigenvalue weighted by molar-refractivity contribution is -0.384. The van der Waals surface area contributed by atoms with Crippen molar-refractivity contribution in [1.82, 2.24) is 4.57 Å². The quantitative estimate of drug-likeness (QED) is 0.213. The first kappa shape index (κ1) is 18.9. The van der Waals surface area contributed by atoms with E-state index in [1.807, 2.05) is 41.1 Å². The smallest absolute Gasteiger partial charge is 0.348 e. The molecule has 1 aromatic heterocycles. The summed E-state index contributed by atoms with van der Waals surface area (Å²) in [6.45, 7) is 2.37. The summed E-state index contributed by atoms with van der Waals surface area (Å²) >= 11 is 0. The molecule has 0 N–H and O–H groups in total. The second-order valence-corrected chi connectivity index (χ2v) is 6.04. The molecule has 0 fully saturated rings. The standard InChI is InChI=1S/C21H17N3O4/c1-2-28-21(25)16(12-22)11-17-14-23(20-6-4-3-5-19(17)20)13-15-7-9-18(10-8-15)24(26)27/h3-11,14H,2,13H2,1H3/b16-11-. The number of nitriles is 1. The van der Waals surface area contributed by atoms with Crippen LogP contribution in [0.25, 0.3) is 17.0 Å². The third-order valence-corrected chi connectivity index (χ3v) is 4.24. The maximum absolute atomic E-state index is 11.9. The van der Waals surface area contributed by atoms with E-state index >= 15 is 0 Å². The van der Waals surface area contributed by atoms with Crippen LogP contribution >= 0.6 is 0 Å². The summed E-state index contributed by atoms with van der Waals surface area (Å²) in [6.07, 6.45) is 3.37. The van der Waals surface area contributed by atoms with Gasteiger partial charge in [0.05, 0.1) is 11.5 Å². The van der Waals surface area contributed by atoms with Gasteiger partial charge in [-0.3, -0.25) is 10.1 Å². The minimum Gasteiger partial charge on any atom is -0.462 e. The Labute approximate surface area is 161 Å². The number of fused-ring (bicyclic) bond motifs is 1. The molecule has 0 radical (unpaired) electrons. The highest BCUT2D eigenvalue weighted by Crippen LogP contribution is 2.25. The van der Waals surface area contributed by atoms with Crippen LogP contribution in [0.1, 0.15) is 18.1 Å². The summed E-state index contributed by atoms with van der Waals surface area (Å²) in [5.74, 6) is -0.655. The first-order valence-electron chi connectivity index (χ1n) is 8.63. The lowest BCUT2D eigenvalue weighted by atomic mass is 10.1. The van der Waals surface area contributed by atoms with Crippen molar-refractivity contribution in [1.29, 1.82) is 5.26 Å². The van der Waals surface area contributed by atoms with E-state index in [4.69, 9.17) is 4.74 Å². The summed E-state index contributed by atoms with van der Waals surface area (Å²) in [6, 6.07) is 15.9. The number of para-hydroxylation sites is 1. The second kappa shape index (κ2) is 8.18. The maximum atomic E-state index is 11.9. The van der Waals surface area contributed by atoms with Crippen molar-refractivity contribution in [3.05, 3.63) is 81.5 Å². The molecule has 0 aliphatic carbocycles. The molecule has 0 spiro atoms. The topological polar surface area (TPSA) is 98.2 Å². The lowest BCUT2D eigenvalue weighted by Crippen LogP contribution is -2.05. The van der Waals surface area contributed by atoms with Crippen molar-refractivity contribution in [3.63, 3.8) is 0 Å². The van der Waals surface area contributed by atoms with Gasteiger partial charge in [-0.05, 0) is 24.6 Å². The Morgan fingerprint density at radius 3 is 2.61 bits per heavy atom. The van der Waals surface area contributed by atoms with Gasteiger partial charge in [-0.15, -0.1) is 0 Å². The van der Waals surface area contributed by atoms with Crippen molar-refractivity contribution in [2.24, 2.45) is 0 Å². The average Bonchev–Trinajstić information content (AvgIpc) is 3.04. The fraction of sp³-hybridized carbons (Fsp3) is 0.143. The van der Waals surface area contributed by atoms with Crippen LogP contribution in [0.15, 0.2) is 60.3 Å². The van der Waals surface area contributed by atoms with E-state index in [0.29, 0.717) is 6.54 Å². The summed E-state index contributed by atoms with van der Waals surface area (Å²) < 4.78 is 6.90. The number of hydrogen-bond donors (Lipinski definition) is 0. The molecular weight excluding hydrogens is 358 g/mol. The van der Waals surface area contributed by atoms with Crippen molar-refractivity contribution >= 4 is 28.6 Å². The number of nitro benzene ring substituents is 1. The van der Waals surface area contributed by atoms with Gasteiger partial charge < -0.3 is 9.30 Å². The highest BCUT2D eigenvalue weighted by Gasteiger charge is 2.13. The highest BCUT2D eigenvalue weighted by molar-refractivity contribution is 6.01. The number of non-ortho nitro benzene ring substituents is 1. The minimum atomic E-state index is -0.655. The van der Waals surface area contributed by atoms with Crippen molar-refractivity contribution in [3.8, 4) is 6.07 Å². The van der Waals surface area contributed by atoms with Crippen LogP contribution in [-0.4, -0.2) is 22.1 Å². The van der Waals surface area contributed by atoms with Crippen LogP contribution in [0, 0.1) is 21.4 Å². The van der Waals surface area contributed by atoms with Gasteiger partial charge in [0.15, 0.2) is 0 Å². The molecule has 3 rings (SSSR count). The van der Waals surface area contributed by atoms with Gasteiger partial charge in [0.1, 0.15) is 11.6 Å². The number of nitro groups is 1. The number of carbonyl (C=O) groups excluding carboxylic acids is 1. The summed E-state index contributed by atoms with van der Waals surface area (Å²) in [5.41, 5.74) is 2.51. The Kier molecular flexibility index (Phi) is 5.51. The van der Waals surface area contributed by atoms with E-state index < -0.39 is 10.9 Å². The van der Waals surface area contributed by atoms with Crippen LogP contribution in [0.4, 0.5) is 5.69 Å². The number of benzene rings is 2. The molecular formula is C21H17N3O4. The predicted octanol–water partition coefficient (Wildman–Crippen LogP) is 4.07. The summed E-state index contributed by atoms with van der Waals surface area (Å²) in [4.78, 5) is 22.3. The number of esters is 1. The molecule has 0 bridgehead atoms. The molecule has 28 heavy (non-hydrogen) atoms. The van der Waals surface area contributed by atoms with Crippen molar-refractivity contribution in [2.45, 2.75) is 13.5 Å². The van der Waals surface area contributed by atoms with Crippen LogP contribution in [0.5, 0.6) is 0 Å². The van der Waals surface area contributed by atoms with Gasteiger partial charge >= 0.3 is 5.97 Å². The molecule has 0 saturated carbocycles. The Hall–Kier alpha value is -3.92. The molecule has 0 aliphatic rings. The highest BCUT2D eigenvalue weighted by atomic mass is 16.6. The molecule has 7 heteroatoms. The van der Waals surface area contributed by atoms with E-state index in [2.05, 4.69) is 0 Å².